The van der Waals surface area contributed by atoms with Crippen LogP contribution < -0.4 is 0 Å². The summed E-state index contributed by atoms with van der Waals surface area (Å²) in [7, 11) is 0. The van der Waals surface area contributed by atoms with Crippen molar-refractivity contribution in [3.63, 3.8) is 0 Å². The lowest BCUT2D eigenvalue weighted by molar-refractivity contribution is 0.0175. The lowest BCUT2D eigenvalue weighted by Crippen LogP contribution is -2.10. The van der Waals surface area contributed by atoms with Gasteiger partial charge < -0.3 is 0 Å². The van der Waals surface area contributed by atoms with Crippen molar-refractivity contribution in [1.29, 1.82) is 0 Å². The fraction of sp³-hybridized carbons (Fsp3) is 0.538. The van der Waals surface area contributed by atoms with E-state index in [1.54, 1.807) is 6.07 Å². The molecule has 0 bridgehead atoms. The summed E-state index contributed by atoms with van der Waals surface area (Å²) >= 11 is 5.79. The standard InChI is InChI=1S/C13H17ClF2/c1-8(2)9(3)10-5-6-12(14)11(7-10)13(4,15)16/h5-9H,1-4H3. The van der Waals surface area contributed by atoms with Crippen molar-refractivity contribution in [3.05, 3.63) is 34.3 Å². The summed E-state index contributed by atoms with van der Waals surface area (Å²) in [6.45, 7) is 7.05. The highest BCUT2D eigenvalue weighted by atomic mass is 35.5. The van der Waals surface area contributed by atoms with Crippen molar-refractivity contribution in [3.8, 4) is 0 Å². The SMILES string of the molecule is CC(C)C(C)c1ccc(Cl)c(C(C)(F)F)c1. The molecule has 0 aliphatic rings. The zero-order valence-corrected chi connectivity index (χ0v) is 10.8. The van der Waals surface area contributed by atoms with Gasteiger partial charge in [0.25, 0.3) is 5.92 Å². The molecule has 0 aromatic heterocycles. The molecule has 0 aliphatic carbocycles. The molecular formula is C13H17ClF2. The van der Waals surface area contributed by atoms with Crippen molar-refractivity contribution in [2.75, 3.05) is 0 Å². The number of rotatable bonds is 3. The Morgan fingerprint density at radius 1 is 1.19 bits per heavy atom. The van der Waals surface area contributed by atoms with Gasteiger partial charge in [-0.2, -0.15) is 0 Å². The van der Waals surface area contributed by atoms with Crippen LogP contribution in [0.5, 0.6) is 0 Å². The van der Waals surface area contributed by atoms with Gasteiger partial charge in [0, 0.05) is 17.5 Å². The molecule has 0 fully saturated rings. The average Bonchev–Trinajstić information content (AvgIpc) is 2.15. The van der Waals surface area contributed by atoms with Gasteiger partial charge >= 0.3 is 0 Å². The van der Waals surface area contributed by atoms with Crippen LogP contribution in [-0.4, -0.2) is 0 Å². The van der Waals surface area contributed by atoms with E-state index in [9.17, 15) is 8.78 Å². The van der Waals surface area contributed by atoms with E-state index in [2.05, 4.69) is 13.8 Å². The van der Waals surface area contributed by atoms with Crippen LogP contribution in [0.25, 0.3) is 0 Å². The molecule has 0 spiro atoms. The minimum atomic E-state index is -2.89. The molecule has 1 aromatic rings. The Labute approximate surface area is 101 Å². The molecule has 0 aliphatic heterocycles. The number of alkyl halides is 2. The van der Waals surface area contributed by atoms with Gasteiger partial charge in [-0.1, -0.05) is 38.4 Å². The van der Waals surface area contributed by atoms with Crippen LogP contribution in [0.1, 0.15) is 44.7 Å². The molecule has 1 atom stereocenters. The van der Waals surface area contributed by atoms with Crippen LogP contribution >= 0.6 is 11.6 Å². The van der Waals surface area contributed by atoms with Crippen LogP contribution in [0, 0.1) is 5.92 Å². The van der Waals surface area contributed by atoms with Gasteiger partial charge in [0.05, 0.1) is 0 Å². The molecule has 0 N–H and O–H groups in total. The molecule has 16 heavy (non-hydrogen) atoms. The Balaban J connectivity index is 3.18. The van der Waals surface area contributed by atoms with E-state index >= 15 is 0 Å². The van der Waals surface area contributed by atoms with Crippen LogP contribution in [-0.2, 0) is 5.92 Å². The minimum absolute atomic E-state index is 0.0841. The Kier molecular flexibility index (Phi) is 3.95. The first-order chi connectivity index (χ1) is 7.23. The minimum Gasteiger partial charge on any atom is -0.202 e. The zero-order valence-electron chi connectivity index (χ0n) is 10.0. The molecule has 1 aromatic carbocycles. The predicted molar refractivity (Wildman–Crippen MR) is 64.3 cm³/mol. The maximum absolute atomic E-state index is 13.3. The maximum Gasteiger partial charge on any atom is 0.271 e. The molecule has 0 amide bonds. The number of halogens is 3. The van der Waals surface area contributed by atoms with Gasteiger partial charge in [0.1, 0.15) is 0 Å². The summed E-state index contributed by atoms with van der Waals surface area (Å²) in [5.41, 5.74) is 0.829. The van der Waals surface area contributed by atoms with Crippen LogP contribution in [0.4, 0.5) is 8.78 Å². The highest BCUT2D eigenvalue weighted by molar-refractivity contribution is 6.31. The van der Waals surface area contributed by atoms with Crippen LogP contribution in [0.2, 0.25) is 5.02 Å². The van der Waals surface area contributed by atoms with E-state index < -0.39 is 5.92 Å². The fourth-order valence-corrected chi connectivity index (χ4v) is 1.83. The van der Waals surface area contributed by atoms with E-state index in [-0.39, 0.29) is 16.5 Å². The second-order valence-corrected chi connectivity index (χ2v) is 5.07. The molecule has 0 nitrogen and oxygen atoms in total. The highest BCUT2D eigenvalue weighted by Crippen LogP contribution is 2.35. The molecule has 0 radical (unpaired) electrons. The maximum atomic E-state index is 13.3. The Hall–Kier alpha value is -0.630. The van der Waals surface area contributed by atoms with Crippen LogP contribution in [0.3, 0.4) is 0 Å². The monoisotopic (exact) mass is 246 g/mol. The molecular weight excluding hydrogens is 230 g/mol. The summed E-state index contributed by atoms with van der Waals surface area (Å²) in [6, 6.07) is 4.90. The topological polar surface area (TPSA) is 0 Å². The first-order valence-corrected chi connectivity index (χ1v) is 5.79. The second-order valence-electron chi connectivity index (χ2n) is 4.66. The summed E-state index contributed by atoms with van der Waals surface area (Å²) in [5, 5.41) is 0.132. The summed E-state index contributed by atoms with van der Waals surface area (Å²) in [6.07, 6.45) is 0. The largest absolute Gasteiger partial charge is 0.271 e. The molecule has 0 heterocycles. The Bertz CT molecular complexity index is 367. The average molecular weight is 247 g/mol. The number of hydrogen-bond donors (Lipinski definition) is 0. The Morgan fingerprint density at radius 2 is 1.75 bits per heavy atom. The Morgan fingerprint density at radius 3 is 2.19 bits per heavy atom. The van der Waals surface area contributed by atoms with E-state index in [0.29, 0.717) is 5.92 Å². The summed E-state index contributed by atoms with van der Waals surface area (Å²) in [5.74, 6) is -2.22. The van der Waals surface area contributed by atoms with Crippen molar-refractivity contribution in [2.24, 2.45) is 5.92 Å². The highest BCUT2D eigenvalue weighted by Gasteiger charge is 2.28. The van der Waals surface area contributed by atoms with Crippen molar-refractivity contribution < 1.29 is 8.78 Å². The van der Waals surface area contributed by atoms with Gasteiger partial charge in [-0.25, -0.2) is 8.78 Å². The molecule has 3 heteroatoms. The van der Waals surface area contributed by atoms with Gasteiger partial charge in [0.15, 0.2) is 0 Å². The number of benzene rings is 1. The third-order valence-electron chi connectivity index (χ3n) is 2.99. The quantitative estimate of drug-likeness (QED) is 0.687. The van der Waals surface area contributed by atoms with Crippen molar-refractivity contribution >= 4 is 11.6 Å². The zero-order chi connectivity index (χ0) is 12.5. The summed E-state index contributed by atoms with van der Waals surface area (Å²) < 4.78 is 26.6. The third-order valence-corrected chi connectivity index (χ3v) is 3.32. The first-order valence-electron chi connectivity index (χ1n) is 5.41. The molecule has 1 unspecified atom stereocenters. The van der Waals surface area contributed by atoms with E-state index in [4.69, 9.17) is 11.6 Å². The molecule has 90 valence electrons. The number of hydrogen-bond acceptors (Lipinski definition) is 0. The molecule has 0 saturated heterocycles. The van der Waals surface area contributed by atoms with Crippen molar-refractivity contribution in [1.82, 2.24) is 0 Å². The fourth-order valence-electron chi connectivity index (χ4n) is 1.55. The normalized spacial score (nSPS) is 14.2. The smallest absolute Gasteiger partial charge is 0.202 e. The second kappa shape index (κ2) is 4.70. The predicted octanol–water partition coefficient (Wildman–Crippen LogP) is 5.21. The van der Waals surface area contributed by atoms with Gasteiger partial charge in [0.2, 0.25) is 0 Å². The van der Waals surface area contributed by atoms with Crippen LogP contribution in [0.15, 0.2) is 18.2 Å². The molecule has 1 rings (SSSR count). The lowest BCUT2D eigenvalue weighted by atomic mass is 9.89. The third kappa shape index (κ3) is 2.94. The van der Waals surface area contributed by atoms with Gasteiger partial charge in [-0.3, -0.25) is 0 Å². The van der Waals surface area contributed by atoms with Gasteiger partial charge in [-0.05, 0) is 29.5 Å². The molecule has 0 saturated carbocycles. The van der Waals surface area contributed by atoms with E-state index in [0.717, 1.165) is 12.5 Å². The van der Waals surface area contributed by atoms with E-state index in [1.807, 2.05) is 13.0 Å². The van der Waals surface area contributed by atoms with E-state index in [1.165, 1.54) is 6.07 Å². The summed E-state index contributed by atoms with van der Waals surface area (Å²) in [4.78, 5) is 0. The first kappa shape index (κ1) is 13.4. The van der Waals surface area contributed by atoms with Crippen molar-refractivity contribution in [2.45, 2.75) is 39.5 Å². The lowest BCUT2D eigenvalue weighted by Gasteiger charge is -2.19. The van der Waals surface area contributed by atoms with Gasteiger partial charge in [-0.15, -0.1) is 0 Å².